The predicted molar refractivity (Wildman–Crippen MR) is 65.9 cm³/mol. The number of aliphatic hydroxyl groups excluding tert-OH is 1. The Bertz CT molecular complexity index is 540. The summed E-state index contributed by atoms with van der Waals surface area (Å²) in [5, 5.41) is 17.3. The lowest BCUT2D eigenvalue weighted by Crippen LogP contribution is -2.19. The summed E-state index contributed by atoms with van der Waals surface area (Å²) in [5.41, 5.74) is 1.90. The van der Waals surface area contributed by atoms with E-state index in [-0.39, 0.29) is 17.8 Å². The highest BCUT2D eigenvalue weighted by molar-refractivity contribution is 5.35. The summed E-state index contributed by atoms with van der Waals surface area (Å²) >= 11 is 0. The molecule has 0 aliphatic heterocycles. The van der Waals surface area contributed by atoms with Crippen LogP contribution in [0.25, 0.3) is 5.69 Å². The summed E-state index contributed by atoms with van der Waals surface area (Å²) in [7, 11) is 0. The third-order valence-corrected chi connectivity index (χ3v) is 2.67. The van der Waals surface area contributed by atoms with Crippen molar-refractivity contribution >= 4 is 0 Å². The molecular formula is C13H16FN3O. The van der Waals surface area contributed by atoms with Gasteiger partial charge >= 0.3 is 0 Å². The second kappa shape index (κ2) is 4.49. The van der Waals surface area contributed by atoms with Gasteiger partial charge in [0.1, 0.15) is 11.5 Å². The van der Waals surface area contributed by atoms with Gasteiger partial charge in [0.25, 0.3) is 0 Å². The highest BCUT2D eigenvalue weighted by Gasteiger charge is 2.25. The van der Waals surface area contributed by atoms with Gasteiger partial charge in [0.2, 0.25) is 0 Å². The van der Waals surface area contributed by atoms with Crippen molar-refractivity contribution in [1.82, 2.24) is 15.0 Å². The topological polar surface area (TPSA) is 50.9 Å². The average molecular weight is 249 g/mol. The number of hydrogen-bond acceptors (Lipinski definition) is 3. The Morgan fingerprint density at radius 1 is 1.22 bits per heavy atom. The molecule has 2 rings (SSSR count). The van der Waals surface area contributed by atoms with E-state index in [0.29, 0.717) is 5.69 Å². The quantitative estimate of drug-likeness (QED) is 0.887. The molecule has 0 atom stereocenters. The number of aliphatic hydroxyl groups is 1. The standard InChI is InChI=1S/C13H16FN3O/c1-13(2,3)12-11(8-18)15-16-17(12)10-6-4-9(14)5-7-10/h4-7,18H,8H2,1-3H3. The third kappa shape index (κ3) is 2.26. The van der Waals surface area contributed by atoms with Crippen LogP contribution in [0.15, 0.2) is 24.3 Å². The van der Waals surface area contributed by atoms with Gasteiger partial charge in [-0.2, -0.15) is 0 Å². The molecule has 18 heavy (non-hydrogen) atoms. The molecule has 0 spiro atoms. The van der Waals surface area contributed by atoms with E-state index in [4.69, 9.17) is 0 Å². The number of nitrogens with zero attached hydrogens (tertiary/aromatic N) is 3. The Morgan fingerprint density at radius 3 is 2.33 bits per heavy atom. The second-order valence-corrected chi connectivity index (χ2v) is 5.18. The van der Waals surface area contributed by atoms with Crippen molar-refractivity contribution in [2.75, 3.05) is 0 Å². The fraction of sp³-hybridized carbons (Fsp3) is 0.385. The monoisotopic (exact) mass is 249 g/mol. The van der Waals surface area contributed by atoms with E-state index in [1.54, 1.807) is 16.8 Å². The molecule has 0 fully saturated rings. The van der Waals surface area contributed by atoms with Crippen LogP contribution in [0.5, 0.6) is 0 Å². The normalized spacial score (nSPS) is 11.8. The van der Waals surface area contributed by atoms with Gasteiger partial charge in [-0.05, 0) is 24.3 Å². The molecule has 0 radical (unpaired) electrons. The summed E-state index contributed by atoms with van der Waals surface area (Å²) in [4.78, 5) is 0. The van der Waals surface area contributed by atoms with Crippen LogP contribution in [0.3, 0.4) is 0 Å². The number of rotatable bonds is 2. The van der Waals surface area contributed by atoms with Crippen LogP contribution < -0.4 is 0 Å². The Hall–Kier alpha value is -1.75. The van der Waals surface area contributed by atoms with Crippen LogP contribution in [0.1, 0.15) is 32.2 Å². The first-order chi connectivity index (χ1) is 8.43. The van der Waals surface area contributed by atoms with Gasteiger partial charge in [0.15, 0.2) is 0 Å². The lowest BCUT2D eigenvalue weighted by molar-refractivity contribution is 0.273. The van der Waals surface area contributed by atoms with Crippen molar-refractivity contribution in [2.24, 2.45) is 0 Å². The van der Waals surface area contributed by atoms with Gasteiger partial charge < -0.3 is 5.11 Å². The van der Waals surface area contributed by atoms with Crippen molar-refractivity contribution in [2.45, 2.75) is 32.8 Å². The molecule has 1 aromatic heterocycles. The first-order valence-corrected chi connectivity index (χ1v) is 5.75. The average Bonchev–Trinajstić information content (AvgIpc) is 2.73. The highest BCUT2D eigenvalue weighted by atomic mass is 19.1. The molecule has 4 nitrogen and oxygen atoms in total. The van der Waals surface area contributed by atoms with Crippen molar-refractivity contribution in [3.05, 3.63) is 41.5 Å². The second-order valence-electron chi connectivity index (χ2n) is 5.18. The smallest absolute Gasteiger partial charge is 0.123 e. The minimum absolute atomic E-state index is 0.159. The zero-order valence-electron chi connectivity index (χ0n) is 10.7. The molecular weight excluding hydrogens is 233 g/mol. The molecule has 5 heteroatoms. The maximum Gasteiger partial charge on any atom is 0.123 e. The molecule has 0 unspecified atom stereocenters. The molecule has 1 N–H and O–H groups in total. The fourth-order valence-corrected chi connectivity index (χ4v) is 1.93. The lowest BCUT2D eigenvalue weighted by Gasteiger charge is -2.20. The largest absolute Gasteiger partial charge is 0.390 e. The molecule has 0 saturated carbocycles. The molecule has 0 aliphatic carbocycles. The summed E-state index contributed by atoms with van der Waals surface area (Å²) in [6.07, 6.45) is 0. The molecule has 0 bridgehead atoms. The number of benzene rings is 1. The molecule has 2 aromatic rings. The van der Waals surface area contributed by atoms with E-state index in [9.17, 15) is 9.50 Å². The van der Waals surface area contributed by atoms with Gasteiger partial charge in [-0.1, -0.05) is 26.0 Å². The molecule has 0 aliphatic rings. The number of aromatic nitrogens is 3. The van der Waals surface area contributed by atoms with Crippen LogP contribution in [-0.2, 0) is 12.0 Å². The molecule has 1 heterocycles. The Balaban J connectivity index is 2.58. The van der Waals surface area contributed by atoms with E-state index in [0.717, 1.165) is 11.4 Å². The minimum Gasteiger partial charge on any atom is -0.390 e. The van der Waals surface area contributed by atoms with Crippen LogP contribution in [-0.4, -0.2) is 20.1 Å². The molecule has 0 amide bonds. The fourth-order valence-electron chi connectivity index (χ4n) is 1.93. The van der Waals surface area contributed by atoms with Gasteiger partial charge in [-0.3, -0.25) is 0 Å². The maximum absolute atomic E-state index is 12.9. The number of halogens is 1. The van der Waals surface area contributed by atoms with E-state index in [2.05, 4.69) is 10.3 Å². The highest BCUT2D eigenvalue weighted by Crippen LogP contribution is 2.27. The predicted octanol–water partition coefficient (Wildman–Crippen LogP) is 2.20. The van der Waals surface area contributed by atoms with Gasteiger partial charge in [-0.15, -0.1) is 5.10 Å². The summed E-state index contributed by atoms with van der Waals surface area (Å²) in [5.74, 6) is -0.293. The van der Waals surface area contributed by atoms with Crippen LogP contribution in [0.2, 0.25) is 0 Å². The number of hydrogen-bond donors (Lipinski definition) is 1. The van der Waals surface area contributed by atoms with Crippen molar-refractivity contribution in [3.8, 4) is 5.69 Å². The van der Waals surface area contributed by atoms with E-state index in [1.807, 2.05) is 20.8 Å². The first-order valence-electron chi connectivity index (χ1n) is 5.75. The van der Waals surface area contributed by atoms with Crippen molar-refractivity contribution in [3.63, 3.8) is 0 Å². The van der Waals surface area contributed by atoms with Crippen LogP contribution >= 0.6 is 0 Å². The zero-order chi connectivity index (χ0) is 13.3. The molecule has 0 saturated heterocycles. The zero-order valence-corrected chi connectivity index (χ0v) is 10.7. The third-order valence-electron chi connectivity index (χ3n) is 2.67. The Labute approximate surface area is 105 Å². The van der Waals surface area contributed by atoms with Crippen LogP contribution in [0.4, 0.5) is 4.39 Å². The first kappa shape index (κ1) is 12.7. The van der Waals surface area contributed by atoms with E-state index < -0.39 is 0 Å². The van der Waals surface area contributed by atoms with Gasteiger partial charge in [0.05, 0.1) is 18.0 Å². The molecule has 1 aromatic carbocycles. The van der Waals surface area contributed by atoms with Crippen molar-refractivity contribution in [1.29, 1.82) is 0 Å². The van der Waals surface area contributed by atoms with E-state index in [1.165, 1.54) is 12.1 Å². The molecule has 96 valence electrons. The summed E-state index contributed by atoms with van der Waals surface area (Å²) < 4.78 is 14.6. The summed E-state index contributed by atoms with van der Waals surface area (Å²) in [6, 6.07) is 6.03. The van der Waals surface area contributed by atoms with Crippen LogP contribution in [0, 0.1) is 5.82 Å². The minimum atomic E-state index is -0.293. The lowest BCUT2D eigenvalue weighted by atomic mass is 9.90. The SMILES string of the molecule is CC(C)(C)c1c(CO)nnn1-c1ccc(F)cc1. The van der Waals surface area contributed by atoms with Crippen molar-refractivity contribution < 1.29 is 9.50 Å². The summed E-state index contributed by atoms with van der Waals surface area (Å²) in [6.45, 7) is 5.90. The van der Waals surface area contributed by atoms with E-state index >= 15 is 0 Å². The Kier molecular flexibility index (Phi) is 3.17. The Morgan fingerprint density at radius 2 is 1.83 bits per heavy atom. The maximum atomic E-state index is 12.9. The van der Waals surface area contributed by atoms with Gasteiger partial charge in [0, 0.05) is 5.41 Å². The van der Waals surface area contributed by atoms with Gasteiger partial charge in [-0.25, -0.2) is 9.07 Å².